The van der Waals surface area contributed by atoms with E-state index in [9.17, 15) is 13.2 Å². The van der Waals surface area contributed by atoms with Crippen molar-refractivity contribution in [3.8, 4) is 5.75 Å². The highest BCUT2D eigenvalue weighted by Gasteiger charge is 2.24. The fourth-order valence-electron chi connectivity index (χ4n) is 3.38. The van der Waals surface area contributed by atoms with Gasteiger partial charge in [-0.1, -0.05) is 0 Å². The summed E-state index contributed by atoms with van der Waals surface area (Å²) in [6, 6.07) is 11.5. The third-order valence-corrected chi connectivity index (χ3v) is 7.01. The largest absolute Gasteiger partial charge is 0.491 e. The van der Waals surface area contributed by atoms with Crippen molar-refractivity contribution in [3.05, 3.63) is 48.0 Å². The highest BCUT2D eigenvalue weighted by Crippen LogP contribution is 2.27. The van der Waals surface area contributed by atoms with Crippen LogP contribution in [0.2, 0.25) is 0 Å². The topological polar surface area (TPSA) is 75.7 Å². The molecule has 1 heterocycles. The standard InChI is InChI=1S/C22H28N2O4S2/c1-16(2)28-18-9-7-17(8-10-18)23-30(26,27)19-11-12-21(29-3)20(15-19)22(25)24-13-5-4-6-14-24/h7-12,15-16,23H,4-6,13-14H2,1-3H3. The monoisotopic (exact) mass is 448 g/mol. The minimum absolute atomic E-state index is 0.0401. The van der Waals surface area contributed by atoms with Gasteiger partial charge in [0.1, 0.15) is 5.75 Å². The van der Waals surface area contributed by atoms with Crippen molar-refractivity contribution in [2.24, 2.45) is 0 Å². The number of benzene rings is 2. The lowest BCUT2D eigenvalue weighted by molar-refractivity contribution is 0.0720. The van der Waals surface area contributed by atoms with E-state index in [0.29, 0.717) is 30.1 Å². The fourth-order valence-corrected chi connectivity index (χ4v) is 5.03. The van der Waals surface area contributed by atoms with E-state index in [2.05, 4.69) is 4.72 Å². The number of thioether (sulfide) groups is 1. The summed E-state index contributed by atoms with van der Waals surface area (Å²) in [4.78, 5) is 15.7. The van der Waals surface area contributed by atoms with Crippen LogP contribution in [0.1, 0.15) is 43.5 Å². The molecule has 30 heavy (non-hydrogen) atoms. The minimum atomic E-state index is -3.83. The molecule has 3 rings (SSSR count). The molecule has 0 atom stereocenters. The molecule has 0 spiro atoms. The SMILES string of the molecule is CSc1ccc(S(=O)(=O)Nc2ccc(OC(C)C)cc2)cc1C(=O)N1CCCCC1. The highest BCUT2D eigenvalue weighted by atomic mass is 32.2. The van der Waals surface area contributed by atoms with Crippen LogP contribution < -0.4 is 9.46 Å². The van der Waals surface area contributed by atoms with Crippen molar-refractivity contribution < 1.29 is 17.9 Å². The highest BCUT2D eigenvalue weighted by molar-refractivity contribution is 7.98. The van der Waals surface area contributed by atoms with Crippen molar-refractivity contribution in [2.75, 3.05) is 24.1 Å². The van der Waals surface area contributed by atoms with Gasteiger partial charge in [-0.15, -0.1) is 11.8 Å². The number of amides is 1. The fraction of sp³-hybridized carbons (Fsp3) is 0.409. The van der Waals surface area contributed by atoms with Crippen molar-refractivity contribution in [1.29, 1.82) is 0 Å². The second kappa shape index (κ2) is 9.75. The minimum Gasteiger partial charge on any atom is -0.491 e. The maximum absolute atomic E-state index is 13.0. The molecule has 1 aliphatic rings. The molecule has 1 amide bonds. The average molecular weight is 449 g/mol. The van der Waals surface area contributed by atoms with Gasteiger partial charge in [0.25, 0.3) is 15.9 Å². The molecule has 1 saturated heterocycles. The first kappa shape index (κ1) is 22.5. The molecule has 0 saturated carbocycles. The molecule has 6 nitrogen and oxygen atoms in total. The Balaban J connectivity index is 1.84. The van der Waals surface area contributed by atoms with Crippen molar-refractivity contribution >= 4 is 33.4 Å². The van der Waals surface area contributed by atoms with E-state index in [-0.39, 0.29) is 16.9 Å². The second-order valence-corrected chi connectivity index (χ2v) is 10.0. The van der Waals surface area contributed by atoms with E-state index in [1.807, 2.05) is 25.0 Å². The summed E-state index contributed by atoms with van der Waals surface area (Å²) in [5.41, 5.74) is 0.872. The molecule has 0 aliphatic carbocycles. The Bertz CT molecular complexity index is 983. The average Bonchev–Trinajstić information content (AvgIpc) is 2.74. The first-order valence-electron chi connectivity index (χ1n) is 10.1. The summed E-state index contributed by atoms with van der Waals surface area (Å²) < 4.78 is 34.1. The number of sulfonamides is 1. The predicted molar refractivity (Wildman–Crippen MR) is 121 cm³/mol. The molecule has 0 unspecified atom stereocenters. The number of carbonyl (C=O) groups excluding carboxylic acids is 1. The number of ether oxygens (including phenoxy) is 1. The van der Waals surface area contributed by atoms with E-state index in [1.165, 1.54) is 23.9 Å². The summed E-state index contributed by atoms with van der Waals surface area (Å²) in [5, 5.41) is 0. The van der Waals surface area contributed by atoms with Crippen molar-refractivity contribution in [3.63, 3.8) is 0 Å². The summed E-state index contributed by atoms with van der Waals surface area (Å²) in [7, 11) is -3.83. The van der Waals surface area contributed by atoms with Gasteiger partial charge in [-0.2, -0.15) is 0 Å². The predicted octanol–water partition coefficient (Wildman–Crippen LogP) is 4.62. The lowest BCUT2D eigenvalue weighted by Gasteiger charge is -2.27. The van der Waals surface area contributed by atoms with Gasteiger partial charge in [-0.3, -0.25) is 9.52 Å². The molecule has 8 heteroatoms. The molecule has 0 bridgehead atoms. The van der Waals surface area contributed by atoms with Crippen molar-refractivity contribution in [2.45, 2.75) is 49.0 Å². The van der Waals surface area contributed by atoms with Crippen LogP contribution in [0, 0.1) is 0 Å². The molecule has 1 aliphatic heterocycles. The maximum atomic E-state index is 13.0. The maximum Gasteiger partial charge on any atom is 0.261 e. The Hall–Kier alpha value is -2.19. The van der Waals surface area contributed by atoms with Crippen LogP contribution in [0.5, 0.6) is 5.75 Å². The second-order valence-electron chi connectivity index (χ2n) is 7.51. The normalized spacial score (nSPS) is 14.6. The van der Waals surface area contributed by atoms with Gasteiger partial charge in [0.15, 0.2) is 0 Å². The number of anilines is 1. The van der Waals surface area contributed by atoms with Crippen LogP contribution in [0.25, 0.3) is 0 Å². The van der Waals surface area contributed by atoms with Gasteiger partial charge in [-0.25, -0.2) is 8.42 Å². The third kappa shape index (κ3) is 5.49. The van der Waals surface area contributed by atoms with E-state index >= 15 is 0 Å². The Labute approximate surface area is 183 Å². The number of hydrogen-bond acceptors (Lipinski definition) is 5. The lowest BCUT2D eigenvalue weighted by atomic mass is 10.1. The van der Waals surface area contributed by atoms with Gasteiger partial charge >= 0.3 is 0 Å². The van der Waals surface area contributed by atoms with Crippen LogP contribution in [-0.2, 0) is 10.0 Å². The van der Waals surface area contributed by atoms with Crippen LogP contribution in [0.3, 0.4) is 0 Å². The van der Waals surface area contributed by atoms with Crippen LogP contribution >= 0.6 is 11.8 Å². The van der Waals surface area contributed by atoms with Crippen LogP contribution in [0.4, 0.5) is 5.69 Å². The zero-order chi connectivity index (χ0) is 21.7. The molecule has 2 aromatic carbocycles. The molecule has 0 aromatic heterocycles. The summed E-state index contributed by atoms with van der Waals surface area (Å²) in [5.74, 6) is 0.568. The number of hydrogen-bond donors (Lipinski definition) is 1. The van der Waals surface area contributed by atoms with Gasteiger partial charge in [-0.05, 0) is 81.8 Å². The molecular formula is C22H28N2O4S2. The van der Waals surface area contributed by atoms with E-state index in [0.717, 1.165) is 24.2 Å². The summed E-state index contributed by atoms with van der Waals surface area (Å²) in [6.07, 6.45) is 5.01. The number of rotatable bonds is 7. The number of nitrogens with zero attached hydrogens (tertiary/aromatic N) is 1. The van der Waals surface area contributed by atoms with Gasteiger partial charge < -0.3 is 9.64 Å². The summed E-state index contributed by atoms with van der Waals surface area (Å²) in [6.45, 7) is 5.29. The van der Waals surface area contributed by atoms with E-state index < -0.39 is 10.0 Å². The number of likely N-dealkylation sites (tertiary alicyclic amines) is 1. The smallest absolute Gasteiger partial charge is 0.261 e. The first-order valence-corrected chi connectivity index (χ1v) is 12.8. The Morgan fingerprint density at radius 2 is 1.73 bits per heavy atom. The number of nitrogens with one attached hydrogen (secondary N) is 1. The van der Waals surface area contributed by atoms with E-state index in [4.69, 9.17) is 4.74 Å². The number of carbonyl (C=O) groups is 1. The third-order valence-electron chi connectivity index (χ3n) is 4.83. The Morgan fingerprint density at radius 3 is 2.33 bits per heavy atom. The molecule has 162 valence electrons. The van der Waals surface area contributed by atoms with Gasteiger partial charge in [0, 0.05) is 23.7 Å². The molecule has 1 N–H and O–H groups in total. The Kier molecular flexibility index (Phi) is 7.31. The zero-order valence-corrected chi connectivity index (χ0v) is 19.2. The number of piperidine rings is 1. The quantitative estimate of drug-likeness (QED) is 0.626. The molecule has 2 aromatic rings. The molecule has 1 fully saturated rings. The molecule has 0 radical (unpaired) electrons. The lowest BCUT2D eigenvalue weighted by Crippen LogP contribution is -2.36. The molecular weight excluding hydrogens is 420 g/mol. The zero-order valence-electron chi connectivity index (χ0n) is 17.6. The van der Waals surface area contributed by atoms with Crippen LogP contribution in [-0.4, -0.2) is 44.7 Å². The van der Waals surface area contributed by atoms with Gasteiger partial charge in [0.05, 0.1) is 16.6 Å². The Morgan fingerprint density at radius 1 is 1.07 bits per heavy atom. The van der Waals surface area contributed by atoms with Gasteiger partial charge in [0.2, 0.25) is 0 Å². The van der Waals surface area contributed by atoms with E-state index in [1.54, 1.807) is 30.3 Å². The van der Waals surface area contributed by atoms with Crippen LogP contribution in [0.15, 0.2) is 52.3 Å². The summed E-state index contributed by atoms with van der Waals surface area (Å²) >= 11 is 1.44. The first-order chi connectivity index (χ1) is 14.3. The van der Waals surface area contributed by atoms with Crippen molar-refractivity contribution in [1.82, 2.24) is 4.90 Å².